The van der Waals surface area contributed by atoms with E-state index in [1.807, 2.05) is 0 Å². The Morgan fingerprint density at radius 1 is 1.30 bits per heavy atom. The Bertz CT molecular complexity index is 268. The number of hydrogen-bond donors (Lipinski definition) is 2. The number of rotatable bonds is 9. The van der Waals surface area contributed by atoms with E-state index < -0.39 is 0 Å². The zero-order valence-electron chi connectivity index (χ0n) is 13.4. The minimum absolute atomic E-state index is 0.224. The number of hydrogen-bond acceptors (Lipinski definition) is 3. The van der Waals surface area contributed by atoms with Crippen molar-refractivity contribution in [2.24, 2.45) is 17.6 Å². The SMILES string of the molecule is CCCN(CC)CCNC(=O)C1CCCC(CCN)C1. The molecule has 0 saturated heterocycles. The van der Waals surface area contributed by atoms with Crippen molar-refractivity contribution in [3.63, 3.8) is 0 Å². The number of carbonyl (C=O) groups excluding carboxylic acids is 1. The Kier molecular flexibility index (Phi) is 8.86. The number of nitrogens with zero attached hydrogens (tertiary/aromatic N) is 1. The molecule has 0 heterocycles. The van der Waals surface area contributed by atoms with E-state index in [0.717, 1.165) is 52.0 Å². The van der Waals surface area contributed by atoms with Gasteiger partial charge in [0, 0.05) is 19.0 Å². The van der Waals surface area contributed by atoms with Gasteiger partial charge < -0.3 is 16.0 Å². The summed E-state index contributed by atoms with van der Waals surface area (Å²) in [5, 5.41) is 3.13. The molecule has 2 unspecified atom stereocenters. The van der Waals surface area contributed by atoms with Crippen molar-refractivity contribution in [1.29, 1.82) is 0 Å². The van der Waals surface area contributed by atoms with Crippen LogP contribution >= 0.6 is 0 Å². The molecule has 1 rings (SSSR count). The molecule has 0 spiro atoms. The monoisotopic (exact) mass is 283 g/mol. The quantitative estimate of drug-likeness (QED) is 0.680. The highest BCUT2D eigenvalue weighted by molar-refractivity contribution is 5.78. The number of amides is 1. The van der Waals surface area contributed by atoms with Gasteiger partial charge in [-0.3, -0.25) is 4.79 Å². The summed E-state index contributed by atoms with van der Waals surface area (Å²) in [4.78, 5) is 14.6. The van der Waals surface area contributed by atoms with E-state index in [2.05, 4.69) is 24.1 Å². The second-order valence-corrected chi connectivity index (χ2v) is 6.03. The minimum atomic E-state index is 0.224. The molecular weight excluding hydrogens is 250 g/mol. The summed E-state index contributed by atoms with van der Waals surface area (Å²) < 4.78 is 0. The lowest BCUT2D eigenvalue weighted by molar-refractivity contribution is -0.126. The predicted molar refractivity (Wildman–Crippen MR) is 84.5 cm³/mol. The molecule has 118 valence electrons. The maximum absolute atomic E-state index is 12.2. The van der Waals surface area contributed by atoms with Crippen LogP contribution in [-0.2, 0) is 4.79 Å². The van der Waals surface area contributed by atoms with E-state index in [9.17, 15) is 4.79 Å². The van der Waals surface area contributed by atoms with Crippen molar-refractivity contribution in [2.45, 2.75) is 52.4 Å². The van der Waals surface area contributed by atoms with Crippen molar-refractivity contribution in [3.8, 4) is 0 Å². The molecule has 0 bridgehead atoms. The molecule has 0 aromatic rings. The van der Waals surface area contributed by atoms with E-state index in [-0.39, 0.29) is 11.8 Å². The molecule has 1 aliphatic rings. The molecule has 0 aromatic heterocycles. The van der Waals surface area contributed by atoms with Gasteiger partial charge >= 0.3 is 0 Å². The maximum atomic E-state index is 12.2. The van der Waals surface area contributed by atoms with E-state index in [1.54, 1.807) is 0 Å². The molecule has 0 aromatic carbocycles. The molecule has 1 aliphatic carbocycles. The van der Waals surface area contributed by atoms with Crippen LogP contribution < -0.4 is 11.1 Å². The Labute approximate surface area is 124 Å². The number of carbonyl (C=O) groups is 1. The van der Waals surface area contributed by atoms with Crippen LogP contribution in [-0.4, -0.2) is 43.5 Å². The summed E-state index contributed by atoms with van der Waals surface area (Å²) in [5.74, 6) is 1.15. The van der Waals surface area contributed by atoms with Crippen LogP contribution in [0.5, 0.6) is 0 Å². The summed E-state index contributed by atoms with van der Waals surface area (Å²) in [5.41, 5.74) is 5.63. The zero-order chi connectivity index (χ0) is 14.8. The highest BCUT2D eigenvalue weighted by Crippen LogP contribution is 2.30. The van der Waals surface area contributed by atoms with Gasteiger partial charge in [0.15, 0.2) is 0 Å². The van der Waals surface area contributed by atoms with Gasteiger partial charge in [-0.15, -0.1) is 0 Å². The van der Waals surface area contributed by atoms with Crippen LogP contribution in [0.15, 0.2) is 0 Å². The first-order chi connectivity index (χ1) is 9.71. The topological polar surface area (TPSA) is 58.4 Å². The molecule has 4 heteroatoms. The molecule has 0 radical (unpaired) electrons. The Morgan fingerprint density at radius 3 is 2.75 bits per heavy atom. The van der Waals surface area contributed by atoms with Gasteiger partial charge in [0.25, 0.3) is 0 Å². The highest BCUT2D eigenvalue weighted by Gasteiger charge is 2.26. The second-order valence-electron chi connectivity index (χ2n) is 6.03. The second kappa shape index (κ2) is 10.2. The summed E-state index contributed by atoms with van der Waals surface area (Å²) in [7, 11) is 0. The van der Waals surface area contributed by atoms with Crippen LogP contribution in [0, 0.1) is 11.8 Å². The fourth-order valence-electron chi connectivity index (χ4n) is 3.25. The zero-order valence-corrected chi connectivity index (χ0v) is 13.4. The molecule has 4 nitrogen and oxygen atoms in total. The Morgan fingerprint density at radius 2 is 2.10 bits per heavy atom. The molecular formula is C16H33N3O. The molecule has 3 N–H and O–H groups in total. The van der Waals surface area contributed by atoms with Crippen LogP contribution in [0.3, 0.4) is 0 Å². The van der Waals surface area contributed by atoms with Gasteiger partial charge in [-0.1, -0.05) is 26.7 Å². The van der Waals surface area contributed by atoms with Gasteiger partial charge in [-0.2, -0.15) is 0 Å². The van der Waals surface area contributed by atoms with E-state index in [0.29, 0.717) is 5.92 Å². The first kappa shape index (κ1) is 17.4. The molecule has 0 aliphatic heterocycles. The van der Waals surface area contributed by atoms with Crippen molar-refractivity contribution in [1.82, 2.24) is 10.2 Å². The third-order valence-electron chi connectivity index (χ3n) is 4.44. The van der Waals surface area contributed by atoms with Crippen molar-refractivity contribution in [3.05, 3.63) is 0 Å². The summed E-state index contributed by atoms with van der Waals surface area (Å²) in [6.07, 6.45) is 6.77. The number of nitrogens with one attached hydrogen (secondary N) is 1. The predicted octanol–water partition coefficient (Wildman–Crippen LogP) is 1.99. The van der Waals surface area contributed by atoms with Crippen LogP contribution in [0.25, 0.3) is 0 Å². The summed E-state index contributed by atoms with van der Waals surface area (Å²) in [6, 6.07) is 0. The Hall–Kier alpha value is -0.610. The van der Waals surface area contributed by atoms with Crippen LogP contribution in [0.4, 0.5) is 0 Å². The molecule has 2 atom stereocenters. The maximum Gasteiger partial charge on any atom is 0.223 e. The molecule has 20 heavy (non-hydrogen) atoms. The largest absolute Gasteiger partial charge is 0.355 e. The van der Waals surface area contributed by atoms with Gasteiger partial charge in [0.05, 0.1) is 0 Å². The fourth-order valence-corrected chi connectivity index (χ4v) is 3.25. The third kappa shape index (κ3) is 6.23. The van der Waals surface area contributed by atoms with Crippen molar-refractivity contribution in [2.75, 3.05) is 32.7 Å². The molecule has 1 fully saturated rings. The average molecular weight is 283 g/mol. The van der Waals surface area contributed by atoms with Gasteiger partial charge in [0.2, 0.25) is 5.91 Å². The van der Waals surface area contributed by atoms with Gasteiger partial charge in [-0.05, 0) is 51.2 Å². The third-order valence-corrected chi connectivity index (χ3v) is 4.44. The van der Waals surface area contributed by atoms with E-state index in [4.69, 9.17) is 5.73 Å². The lowest BCUT2D eigenvalue weighted by Crippen LogP contribution is -2.39. The van der Waals surface area contributed by atoms with Gasteiger partial charge in [-0.25, -0.2) is 0 Å². The highest BCUT2D eigenvalue weighted by atomic mass is 16.1. The molecule has 1 saturated carbocycles. The number of nitrogens with two attached hydrogens (primary N) is 1. The normalized spacial score (nSPS) is 23.0. The first-order valence-corrected chi connectivity index (χ1v) is 8.41. The Balaban J connectivity index is 2.24. The average Bonchev–Trinajstić information content (AvgIpc) is 2.47. The van der Waals surface area contributed by atoms with Gasteiger partial charge in [0.1, 0.15) is 0 Å². The van der Waals surface area contributed by atoms with Crippen LogP contribution in [0.1, 0.15) is 52.4 Å². The van der Waals surface area contributed by atoms with Crippen molar-refractivity contribution < 1.29 is 4.79 Å². The summed E-state index contributed by atoms with van der Waals surface area (Å²) >= 11 is 0. The lowest BCUT2D eigenvalue weighted by atomic mass is 9.79. The van der Waals surface area contributed by atoms with E-state index in [1.165, 1.54) is 19.3 Å². The fraction of sp³-hybridized carbons (Fsp3) is 0.938. The number of likely N-dealkylation sites (N-methyl/N-ethyl adjacent to an activating group) is 1. The van der Waals surface area contributed by atoms with Crippen LogP contribution in [0.2, 0.25) is 0 Å². The lowest BCUT2D eigenvalue weighted by Gasteiger charge is -2.28. The van der Waals surface area contributed by atoms with Crippen molar-refractivity contribution >= 4 is 5.91 Å². The minimum Gasteiger partial charge on any atom is -0.355 e. The summed E-state index contributed by atoms with van der Waals surface area (Å²) in [6.45, 7) is 9.05. The standard InChI is InChI=1S/C16H33N3O/c1-3-11-19(4-2)12-10-18-16(20)15-7-5-6-14(13-15)8-9-17/h14-15H,3-13,17H2,1-2H3,(H,18,20). The van der Waals surface area contributed by atoms with E-state index >= 15 is 0 Å². The first-order valence-electron chi connectivity index (χ1n) is 8.41. The molecule has 1 amide bonds. The smallest absolute Gasteiger partial charge is 0.223 e.